The molecular weight excluding hydrogens is 335 g/mol. The second-order valence-electron chi connectivity index (χ2n) is 4.72. The van der Waals surface area contributed by atoms with Crippen molar-refractivity contribution < 1.29 is 9.53 Å². The SMILES string of the molecule is CCOc1ccc(C(=O)N/N=C(/C)c2ccc(Cl)c(Cl)c2)cc1. The normalized spacial score (nSPS) is 11.2. The lowest BCUT2D eigenvalue weighted by Gasteiger charge is -2.06. The molecule has 0 heterocycles. The van der Waals surface area contributed by atoms with Crippen LogP contribution in [0.15, 0.2) is 47.6 Å². The molecule has 4 nitrogen and oxygen atoms in total. The Bertz CT molecular complexity index is 728. The number of nitrogens with one attached hydrogen (secondary N) is 1. The lowest BCUT2D eigenvalue weighted by molar-refractivity contribution is 0.0955. The van der Waals surface area contributed by atoms with Gasteiger partial charge in [0, 0.05) is 5.56 Å². The number of carbonyl (C=O) groups is 1. The predicted molar refractivity (Wildman–Crippen MR) is 93.8 cm³/mol. The molecule has 2 rings (SSSR count). The third kappa shape index (κ3) is 4.71. The van der Waals surface area contributed by atoms with E-state index in [1.165, 1.54) is 0 Å². The van der Waals surface area contributed by atoms with Crippen LogP contribution >= 0.6 is 23.2 Å². The van der Waals surface area contributed by atoms with Crippen molar-refractivity contribution in [2.24, 2.45) is 5.10 Å². The van der Waals surface area contributed by atoms with Crippen LogP contribution in [-0.2, 0) is 0 Å². The van der Waals surface area contributed by atoms with Gasteiger partial charge in [-0.1, -0.05) is 29.3 Å². The molecule has 0 fully saturated rings. The fraction of sp³-hybridized carbons (Fsp3) is 0.176. The van der Waals surface area contributed by atoms with Crippen molar-refractivity contribution >= 4 is 34.8 Å². The van der Waals surface area contributed by atoms with Crippen molar-refractivity contribution in [1.82, 2.24) is 5.43 Å². The second kappa shape index (κ2) is 7.99. The van der Waals surface area contributed by atoms with Crippen molar-refractivity contribution in [2.75, 3.05) is 6.61 Å². The van der Waals surface area contributed by atoms with Crippen molar-refractivity contribution in [3.63, 3.8) is 0 Å². The van der Waals surface area contributed by atoms with Gasteiger partial charge in [0.2, 0.25) is 0 Å². The summed E-state index contributed by atoms with van der Waals surface area (Å²) in [4.78, 5) is 12.1. The molecule has 1 amide bonds. The summed E-state index contributed by atoms with van der Waals surface area (Å²) in [5.41, 5.74) is 4.43. The van der Waals surface area contributed by atoms with Crippen molar-refractivity contribution in [3.8, 4) is 5.75 Å². The summed E-state index contributed by atoms with van der Waals surface area (Å²) in [6.45, 7) is 4.26. The van der Waals surface area contributed by atoms with Gasteiger partial charge in [-0.15, -0.1) is 0 Å². The molecule has 6 heteroatoms. The maximum Gasteiger partial charge on any atom is 0.271 e. The summed E-state index contributed by atoms with van der Waals surface area (Å²) in [5, 5.41) is 5.00. The Morgan fingerprint density at radius 1 is 1.09 bits per heavy atom. The largest absolute Gasteiger partial charge is 0.494 e. The van der Waals surface area contributed by atoms with Crippen LogP contribution in [0.25, 0.3) is 0 Å². The van der Waals surface area contributed by atoms with Crippen LogP contribution in [0.3, 0.4) is 0 Å². The first-order valence-electron chi connectivity index (χ1n) is 7.04. The van der Waals surface area contributed by atoms with Gasteiger partial charge in [-0.25, -0.2) is 5.43 Å². The van der Waals surface area contributed by atoms with E-state index in [1.807, 2.05) is 6.92 Å². The highest BCUT2D eigenvalue weighted by Gasteiger charge is 2.06. The number of amides is 1. The Morgan fingerprint density at radius 2 is 1.74 bits per heavy atom. The highest BCUT2D eigenvalue weighted by atomic mass is 35.5. The van der Waals surface area contributed by atoms with E-state index in [9.17, 15) is 4.79 Å². The Kier molecular flexibility index (Phi) is 6.02. The maximum absolute atomic E-state index is 12.1. The molecule has 0 atom stereocenters. The fourth-order valence-corrected chi connectivity index (χ4v) is 2.15. The van der Waals surface area contributed by atoms with E-state index in [4.69, 9.17) is 27.9 Å². The summed E-state index contributed by atoms with van der Waals surface area (Å²) >= 11 is 11.8. The van der Waals surface area contributed by atoms with E-state index in [2.05, 4.69) is 10.5 Å². The molecule has 120 valence electrons. The molecule has 0 aliphatic rings. The third-order valence-electron chi connectivity index (χ3n) is 3.09. The first-order chi connectivity index (χ1) is 11.0. The zero-order valence-electron chi connectivity index (χ0n) is 12.8. The average molecular weight is 351 g/mol. The maximum atomic E-state index is 12.1. The second-order valence-corrected chi connectivity index (χ2v) is 5.54. The standard InChI is InChI=1S/C17H16Cl2N2O2/c1-3-23-14-7-4-12(5-8-14)17(22)21-20-11(2)13-6-9-15(18)16(19)10-13/h4-10H,3H2,1-2H3,(H,21,22)/b20-11-. The molecule has 0 saturated heterocycles. The lowest BCUT2D eigenvalue weighted by Crippen LogP contribution is -2.19. The van der Waals surface area contributed by atoms with Crippen LogP contribution < -0.4 is 10.2 Å². The number of nitrogens with zero attached hydrogens (tertiary/aromatic N) is 1. The molecule has 0 bridgehead atoms. The van der Waals surface area contributed by atoms with Crippen LogP contribution in [-0.4, -0.2) is 18.2 Å². The number of hydrazone groups is 1. The minimum absolute atomic E-state index is 0.299. The highest BCUT2D eigenvalue weighted by Crippen LogP contribution is 2.22. The number of halogens is 2. The zero-order chi connectivity index (χ0) is 16.8. The molecule has 23 heavy (non-hydrogen) atoms. The molecule has 0 aliphatic heterocycles. The minimum atomic E-state index is -0.299. The molecule has 1 N–H and O–H groups in total. The van der Waals surface area contributed by atoms with Gasteiger partial charge in [0.1, 0.15) is 5.75 Å². The third-order valence-corrected chi connectivity index (χ3v) is 3.83. The van der Waals surface area contributed by atoms with E-state index in [0.717, 1.165) is 11.3 Å². The van der Waals surface area contributed by atoms with Crippen molar-refractivity contribution in [2.45, 2.75) is 13.8 Å². The van der Waals surface area contributed by atoms with Gasteiger partial charge >= 0.3 is 0 Å². The van der Waals surface area contributed by atoms with Gasteiger partial charge in [-0.05, 0) is 55.8 Å². The van der Waals surface area contributed by atoms with Crippen LogP contribution in [0.1, 0.15) is 29.8 Å². The van der Waals surface area contributed by atoms with Crippen LogP contribution in [0, 0.1) is 0 Å². The van der Waals surface area contributed by atoms with E-state index < -0.39 is 0 Å². The van der Waals surface area contributed by atoms with Gasteiger partial charge in [0.15, 0.2) is 0 Å². The molecule has 0 saturated carbocycles. The molecule has 0 aromatic heterocycles. The van der Waals surface area contributed by atoms with E-state index in [-0.39, 0.29) is 5.91 Å². The van der Waals surface area contributed by atoms with Crippen molar-refractivity contribution in [3.05, 3.63) is 63.6 Å². The van der Waals surface area contributed by atoms with E-state index >= 15 is 0 Å². The summed E-state index contributed by atoms with van der Waals surface area (Å²) in [5.74, 6) is 0.423. The van der Waals surface area contributed by atoms with Gasteiger partial charge < -0.3 is 4.74 Å². The Morgan fingerprint density at radius 3 is 2.35 bits per heavy atom. The highest BCUT2D eigenvalue weighted by molar-refractivity contribution is 6.42. The molecule has 2 aromatic rings. The predicted octanol–water partition coefficient (Wildman–Crippen LogP) is 4.55. The molecular formula is C17H16Cl2N2O2. The van der Waals surface area contributed by atoms with Gasteiger partial charge in [-0.2, -0.15) is 5.10 Å². The van der Waals surface area contributed by atoms with E-state index in [1.54, 1.807) is 49.4 Å². The summed E-state index contributed by atoms with van der Waals surface area (Å²) in [7, 11) is 0. The topological polar surface area (TPSA) is 50.7 Å². The first kappa shape index (κ1) is 17.3. The summed E-state index contributed by atoms with van der Waals surface area (Å²) in [6.07, 6.45) is 0. The van der Waals surface area contributed by atoms with Gasteiger partial charge in [-0.3, -0.25) is 4.79 Å². The Balaban J connectivity index is 2.05. The van der Waals surface area contributed by atoms with Crippen LogP contribution in [0.5, 0.6) is 5.75 Å². The minimum Gasteiger partial charge on any atom is -0.494 e. The fourth-order valence-electron chi connectivity index (χ4n) is 1.85. The number of benzene rings is 2. The van der Waals surface area contributed by atoms with Gasteiger partial charge in [0.25, 0.3) is 5.91 Å². The lowest BCUT2D eigenvalue weighted by atomic mass is 10.1. The first-order valence-corrected chi connectivity index (χ1v) is 7.79. The number of rotatable bonds is 5. The average Bonchev–Trinajstić information content (AvgIpc) is 2.56. The number of hydrogen-bond donors (Lipinski definition) is 1. The van der Waals surface area contributed by atoms with E-state index in [0.29, 0.717) is 27.9 Å². The number of ether oxygens (including phenoxy) is 1. The van der Waals surface area contributed by atoms with Gasteiger partial charge in [0.05, 0.1) is 22.4 Å². The molecule has 0 unspecified atom stereocenters. The Labute approximate surface area is 145 Å². The summed E-state index contributed by atoms with van der Waals surface area (Å²) < 4.78 is 5.33. The smallest absolute Gasteiger partial charge is 0.271 e. The Hall–Kier alpha value is -2.04. The number of carbonyl (C=O) groups excluding carboxylic acids is 1. The monoisotopic (exact) mass is 350 g/mol. The molecule has 0 radical (unpaired) electrons. The molecule has 2 aromatic carbocycles. The van der Waals surface area contributed by atoms with Crippen LogP contribution in [0.2, 0.25) is 10.0 Å². The summed E-state index contributed by atoms with van der Waals surface area (Å²) in [6, 6.07) is 12.0. The quantitative estimate of drug-likeness (QED) is 0.635. The molecule has 0 spiro atoms. The zero-order valence-corrected chi connectivity index (χ0v) is 14.3. The molecule has 0 aliphatic carbocycles. The van der Waals surface area contributed by atoms with Crippen molar-refractivity contribution in [1.29, 1.82) is 0 Å². The van der Waals surface area contributed by atoms with Crippen LogP contribution in [0.4, 0.5) is 0 Å². The number of hydrogen-bond acceptors (Lipinski definition) is 3.